The molecule has 0 aromatic heterocycles. The van der Waals surface area contributed by atoms with Crippen LogP contribution in [-0.4, -0.2) is 19.5 Å². The van der Waals surface area contributed by atoms with Crippen molar-refractivity contribution in [3.63, 3.8) is 0 Å². The number of para-hydroxylation sites is 2. The zero-order chi connectivity index (χ0) is 12.5. The highest BCUT2D eigenvalue weighted by Gasteiger charge is 2.03. The van der Waals surface area contributed by atoms with Gasteiger partial charge in [-0.25, -0.2) is 0 Å². The summed E-state index contributed by atoms with van der Waals surface area (Å²) in [5.41, 5.74) is 7.05. The third-order valence-corrected chi connectivity index (χ3v) is 2.57. The second kappa shape index (κ2) is 7.68. The molecule has 1 aromatic carbocycles. The Kier molecular flexibility index (Phi) is 6.10. The highest BCUT2D eigenvalue weighted by atomic mass is 16.1. The van der Waals surface area contributed by atoms with E-state index in [1.165, 1.54) is 0 Å². The minimum atomic E-state index is 0.0346. The van der Waals surface area contributed by atoms with Gasteiger partial charge in [-0.2, -0.15) is 0 Å². The van der Waals surface area contributed by atoms with Crippen molar-refractivity contribution in [1.82, 2.24) is 5.32 Å². The molecule has 0 aliphatic rings. The first-order valence-electron chi connectivity index (χ1n) is 6.03. The summed E-state index contributed by atoms with van der Waals surface area (Å²) >= 11 is 0. The Bertz CT molecular complexity index is 352. The average molecular weight is 235 g/mol. The van der Waals surface area contributed by atoms with E-state index in [-0.39, 0.29) is 5.91 Å². The van der Waals surface area contributed by atoms with Crippen molar-refractivity contribution in [2.75, 3.05) is 24.6 Å². The minimum Gasteiger partial charge on any atom is -0.397 e. The summed E-state index contributed by atoms with van der Waals surface area (Å²) in [4.78, 5) is 11.6. The van der Waals surface area contributed by atoms with E-state index in [0.29, 0.717) is 17.8 Å². The lowest BCUT2D eigenvalue weighted by molar-refractivity contribution is -0.116. The van der Waals surface area contributed by atoms with Crippen LogP contribution in [0.15, 0.2) is 24.3 Å². The topological polar surface area (TPSA) is 67.2 Å². The standard InChI is InChI=1S/C13H21N3O/c1-15-10-6-2-3-9-13(17)16-12-8-5-4-7-11(12)14/h4-5,7-8,15H,2-3,6,9-10,14H2,1H3,(H,16,17). The van der Waals surface area contributed by atoms with Crippen LogP contribution in [0.5, 0.6) is 0 Å². The molecular weight excluding hydrogens is 214 g/mol. The molecule has 0 heterocycles. The molecule has 0 unspecified atom stereocenters. The van der Waals surface area contributed by atoms with Gasteiger partial charge in [0.15, 0.2) is 0 Å². The fourth-order valence-electron chi connectivity index (χ4n) is 1.59. The Balaban J connectivity index is 2.23. The number of carbonyl (C=O) groups is 1. The van der Waals surface area contributed by atoms with Crippen molar-refractivity contribution in [3.8, 4) is 0 Å². The van der Waals surface area contributed by atoms with Gasteiger partial charge in [0.05, 0.1) is 11.4 Å². The molecule has 0 aliphatic heterocycles. The molecule has 0 aliphatic carbocycles. The quantitative estimate of drug-likeness (QED) is 0.500. The van der Waals surface area contributed by atoms with Crippen LogP contribution >= 0.6 is 0 Å². The Hall–Kier alpha value is -1.55. The van der Waals surface area contributed by atoms with Gasteiger partial charge >= 0.3 is 0 Å². The lowest BCUT2D eigenvalue weighted by atomic mass is 10.2. The molecule has 0 bridgehead atoms. The van der Waals surface area contributed by atoms with Crippen LogP contribution in [0.1, 0.15) is 25.7 Å². The van der Waals surface area contributed by atoms with E-state index in [1.807, 2.05) is 25.2 Å². The van der Waals surface area contributed by atoms with Gasteiger partial charge in [0.1, 0.15) is 0 Å². The molecule has 94 valence electrons. The highest BCUT2D eigenvalue weighted by Crippen LogP contribution is 2.17. The van der Waals surface area contributed by atoms with Crippen molar-refractivity contribution in [1.29, 1.82) is 0 Å². The van der Waals surface area contributed by atoms with Gasteiger partial charge in [-0.15, -0.1) is 0 Å². The number of hydrogen-bond donors (Lipinski definition) is 3. The average Bonchev–Trinajstić information content (AvgIpc) is 2.32. The maximum Gasteiger partial charge on any atom is 0.224 e. The fraction of sp³-hybridized carbons (Fsp3) is 0.462. The van der Waals surface area contributed by atoms with Crippen molar-refractivity contribution in [2.45, 2.75) is 25.7 Å². The van der Waals surface area contributed by atoms with Gasteiger partial charge in [0, 0.05) is 6.42 Å². The number of benzene rings is 1. The molecule has 0 atom stereocenters. The van der Waals surface area contributed by atoms with E-state index in [9.17, 15) is 4.79 Å². The first-order valence-corrected chi connectivity index (χ1v) is 6.03. The largest absolute Gasteiger partial charge is 0.397 e. The van der Waals surface area contributed by atoms with E-state index in [0.717, 1.165) is 25.8 Å². The smallest absolute Gasteiger partial charge is 0.224 e. The molecule has 4 nitrogen and oxygen atoms in total. The fourth-order valence-corrected chi connectivity index (χ4v) is 1.59. The van der Waals surface area contributed by atoms with Crippen molar-refractivity contribution < 1.29 is 4.79 Å². The van der Waals surface area contributed by atoms with Crippen LogP contribution in [0, 0.1) is 0 Å². The maximum absolute atomic E-state index is 11.6. The number of carbonyl (C=O) groups excluding carboxylic acids is 1. The van der Waals surface area contributed by atoms with E-state index in [1.54, 1.807) is 6.07 Å². The van der Waals surface area contributed by atoms with Gasteiger partial charge in [0.25, 0.3) is 0 Å². The number of nitrogen functional groups attached to an aromatic ring is 1. The second-order valence-electron chi connectivity index (χ2n) is 4.05. The van der Waals surface area contributed by atoms with Crippen LogP contribution in [0.2, 0.25) is 0 Å². The second-order valence-corrected chi connectivity index (χ2v) is 4.05. The maximum atomic E-state index is 11.6. The number of unbranched alkanes of at least 4 members (excludes halogenated alkanes) is 2. The van der Waals surface area contributed by atoms with E-state index < -0.39 is 0 Å². The molecule has 1 aromatic rings. The SMILES string of the molecule is CNCCCCCC(=O)Nc1ccccc1N. The third-order valence-electron chi connectivity index (χ3n) is 2.57. The summed E-state index contributed by atoms with van der Waals surface area (Å²) in [5.74, 6) is 0.0346. The Labute approximate surface area is 103 Å². The first kappa shape index (κ1) is 13.5. The molecular formula is C13H21N3O. The summed E-state index contributed by atoms with van der Waals surface area (Å²) in [6.07, 6.45) is 3.65. The number of nitrogens with one attached hydrogen (secondary N) is 2. The molecule has 0 radical (unpaired) electrons. The lowest BCUT2D eigenvalue weighted by Crippen LogP contribution is -2.13. The van der Waals surface area contributed by atoms with Crippen molar-refractivity contribution in [3.05, 3.63) is 24.3 Å². The summed E-state index contributed by atoms with van der Waals surface area (Å²) in [6, 6.07) is 7.30. The predicted molar refractivity (Wildman–Crippen MR) is 71.9 cm³/mol. The number of amides is 1. The molecule has 17 heavy (non-hydrogen) atoms. The van der Waals surface area contributed by atoms with Crippen LogP contribution in [0.3, 0.4) is 0 Å². The van der Waals surface area contributed by atoms with Gasteiger partial charge in [-0.1, -0.05) is 18.6 Å². The van der Waals surface area contributed by atoms with Gasteiger partial charge < -0.3 is 16.4 Å². The van der Waals surface area contributed by atoms with Crippen molar-refractivity contribution >= 4 is 17.3 Å². The number of hydrogen-bond acceptors (Lipinski definition) is 3. The number of rotatable bonds is 7. The molecule has 4 heteroatoms. The van der Waals surface area contributed by atoms with Crippen molar-refractivity contribution in [2.24, 2.45) is 0 Å². The van der Waals surface area contributed by atoms with E-state index >= 15 is 0 Å². The predicted octanol–water partition coefficient (Wildman–Crippen LogP) is 1.99. The Morgan fingerprint density at radius 1 is 1.24 bits per heavy atom. The van der Waals surface area contributed by atoms with Crippen LogP contribution in [0.4, 0.5) is 11.4 Å². The lowest BCUT2D eigenvalue weighted by Gasteiger charge is -2.07. The van der Waals surface area contributed by atoms with Gasteiger partial charge in [-0.05, 0) is 38.6 Å². The molecule has 0 saturated carbocycles. The van der Waals surface area contributed by atoms with E-state index in [2.05, 4.69) is 10.6 Å². The zero-order valence-corrected chi connectivity index (χ0v) is 10.3. The summed E-state index contributed by atoms with van der Waals surface area (Å²) in [6.45, 7) is 1.01. The Morgan fingerprint density at radius 3 is 2.71 bits per heavy atom. The normalized spacial score (nSPS) is 10.2. The van der Waals surface area contributed by atoms with Crippen LogP contribution in [0.25, 0.3) is 0 Å². The number of anilines is 2. The number of nitrogens with two attached hydrogens (primary N) is 1. The summed E-state index contributed by atoms with van der Waals surface area (Å²) in [7, 11) is 1.94. The van der Waals surface area contributed by atoms with Gasteiger partial charge in [0.2, 0.25) is 5.91 Å². The third kappa shape index (κ3) is 5.36. The monoisotopic (exact) mass is 235 g/mol. The first-order chi connectivity index (χ1) is 8.24. The van der Waals surface area contributed by atoms with E-state index in [4.69, 9.17) is 5.73 Å². The molecule has 1 amide bonds. The molecule has 0 saturated heterocycles. The minimum absolute atomic E-state index is 0.0346. The Morgan fingerprint density at radius 2 is 2.00 bits per heavy atom. The summed E-state index contributed by atoms with van der Waals surface area (Å²) < 4.78 is 0. The van der Waals surface area contributed by atoms with Crippen LogP contribution in [-0.2, 0) is 4.79 Å². The molecule has 0 spiro atoms. The molecule has 0 fully saturated rings. The van der Waals surface area contributed by atoms with Gasteiger partial charge in [-0.3, -0.25) is 4.79 Å². The highest BCUT2D eigenvalue weighted by molar-refractivity contribution is 5.93. The van der Waals surface area contributed by atoms with Crippen LogP contribution < -0.4 is 16.4 Å². The molecule has 1 rings (SSSR count). The zero-order valence-electron chi connectivity index (χ0n) is 10.3. The molecule has 4 N–H and O–H groups in total. The summed E-state index contributed by atoms with van der Waals surface area (Å²) in [5, 5.41) is 5.91.